The molecule has 2 aromatic heterocycles. The lowest BCUT2D eigenvalue weighted by Gasteiger charge is -2.34. The van der Waals surface area contributed by atoms with Crippen molar-refractivity contribution in [2.75, 3.05) is 37.7 Å². The molecule has 30 heavy (non-hydrogen) atoms. The average molecular weight is 420 g/mol. The Morgan fingerprint density at radius 1 is 1.03 bits per heavy atom. The number of carbonyl (C=O) groups is 1. The maximum atomic E-state index is 12.9. The first-order valence-corrected chi connectivity index (χ1v) is 10.8. The highest BCUT2D eigenvalue weighted by molar-refractivity contribution is 7.22. The number of amides is 1. The summed E-state index contributed by atoms with van der Waals surface area (Å²) in [6, 6.07) is 13.6. The molecule has 8 heteroatoms. The van der Waals surface area contributed by atoms with Crippen LogP contribution in [0.1, 0.15) is 17.4 Å². The molecule has 1 aliphatic heterocycles. The molecule has 0 radical (unpaired) electrons. The summed E-state index contributed by atoms with van der Waals surface area (Å²) in [6.45, 7) is 5.37. The molecule has 0 atom stereocenters. The van der Waals surface area contributed by atoms with E-state index < -0.39 is 0 Å². The number of thiazole rings is 1. The molecule has 7 nitrogen and oxygen atoms in total. The highest BCUT2D eigenvalue weighted by Gasteiger charge is 2.25. The van der Waals surface area contributed by atoms with Crippen LogP contribution in [-0.4, -0.2) is 58.5 Å². The van der Waals surface area contributed by atoms with E-state index in [1.54, 1.807) is 17.5 Å². The molecule has 0 unspecified atom stereocenters. The van der Waals surface area contributed by atoms with E-state index >= 15 is 0 Å². The zero-order valence-electron chi connectivity index (χ0n) is 16.6. The second kappa shape index (κ2) is 7.87. The van der Waals surface area contributed by atoms with Crippen LogP contribution >= 0.6 is 11.3 Å². The SMILES string of the molecule is CCOc1ccc2nc(N3CCN(C(=O)c4cnc5ccccc5n4)CC3)sc2c1. The lowest BCUT2D eigenvalue weighted by Crippen LogP contribution is -2.49. The number of para-hydroxylation sites is 2. The van der Waals surface area contributed by atoms with Gasteiger partial charge in [0.25, 0.3) is 5.91 Å². The molecule has 1 aliphatic rings. The monoisotopic (exact) mass is 419 g/mol. The molecule has 2 aromatic carbocycles. The van der Waals surface area contributed by atoms with Crippen LogP contribution in [0, 0.1) is 0 Å². The fraction of sp³-hybridized carbons (Fsp3) is 0.273. The number of aromatic nitrogens is 3. The number of nitrogens with zero attached hydrogens (tertiary/aromatic N) is 5. The number of piperazine rings is 1. The Morgan fingerprint density at radius 2 is 1.83 bits per heavy atom. The van der Waals surface area contributed by atoms with E-state index in [-0.39, 0.29) is 5.91 Å². The van der Waals surface area contributed by atoms with Crippen LogP contribution in [-0.2, 0) is 0 Å². The van der Waals surface area contributed by atoms with Crippen molar-refractivity contribution in [2.45, 2.75) is 6.92 Å². The molecule has 0 bridgehead atoms. The van der Waals surface area contributed by atoms with Crippen LogP contribution in [0.4, 0.5) is 5.13 Å². The summed E-state index contributed by atoms with van der Waals surface area (Å²) in [5, 5.41) is 0.983. The highest BCUT2D eigenvalue weighted by atomic mass is 32.1. The quantitative estimate of drug-likeness (QED) is 0.503. The van der Waals surface area contributed by atoms with Gasteiger partial charge in [0.2, 0.25) is 0 Å². The Morgan fingerprint density at radius 3 is 2.63 bits per heavy atom. The van der Waals surface area contributed by atoms with Gasteiger partial charge in [0.15, 0.2) is 5.13 Å². The van der Waals surface area contributed by atoms with Gasteiger partial charge in [-0.2, -0.15) is 0 Å². The van der Waals surface area contributed by atoms with Crippen molar-refractivity contribution >= 4 is 43.6 Å². The number of anilines is 1. The highest BCUT2D eigenvalue weighted by Crippen LogP contribution is 2.32. The van der Waals surface area contributed by atoms with Crippen LogP contribution in [0.5, 0.6) is 5.75 Å². The van der Waals surface area contributed by atoms with Crippen molar-refractivity contribution in [3.8, 4) is 5.75 Å². The smallest absolute Gasteiger partial charge is 0.274 e. The van der Waals surface area contributed by atoms with E-state index in [1.165, 1.54) is 0 Å². The van der Waals surface area contributed by atoms with Gasteiger partial charge in [-0.15, -0.1) is 0 Å². The Hall–Kier alpha value is -3.26. The Kier molecular flexibility index (Phi) is 4.92. The standard InChI is InChI=1S/C22H21N5O2S/c1-2-29-15-7-8-18-20(13-15)30-22(25-18)27-11-9-26(10-12-27)21(28)19-14-23-16-5-3-4-6-17(16)24-19/h3-8,13-14H,2,9-12H2,1H3. The summed E-state index contributed by atoms with van der Waals surface area (Å²) >= 11 is 1.66. The van der Waals surface area contributed by atoms with E-state index in [0.717, 1.165) is 45.2 Å². The number of hydrogen-bond donors (Lipinski definition) is 0. The third-order valence-electron chi connectivity index (χ3n) is 5.16. The number of rotatable bonds is 4. The van der Waals surface area contributed by atoms with Crippen molar-refractivity contribution in [3.63, 3.8) is 0 Å². The molecule has 1 fully saturated rings. The summed E-state index contributed by atoms with van der Waals surface area (Å²) in [4.78, 5) is 30.6. The van der Waals surface area contributed by atoms with Crippen LogP contribution in [0.15, 0.2) is 48.7 Å². The molecule has 0 N–H and O–H groups in total. The third kappa shape index (κ3) is 3.54. The second-order valence-corrected chi connectivity index (χ2v) is 8.09. The Balaban J connectivity index is 1.28. The molecule has 0 saturated carbocycles. The van der Waals surface area contributed by atoms with E-state index in [4.69, 9.17) is 9.72 Å². The molecular weight excluding hydrogens is 398 g/mol. The van der Waals surface area contributed by atoms with Gasteiger partial charge < -0.3 is 14.5 Å². The van der Waals surface area contributed by atoms with Gasteiger partial charge in [-0.25, -0.2) is 9.97 Å². The number of hydrogen-bond acceptors (Lipinski definition) is 7. The molecule has 1 saturated heterocycles. The van der Waals surface area contributed by atoms with E-state index in [9.17, 15) is 4.79 Å². The summed E-state index contributed by atoms with van der Waals surface area (Å²) in [7, 11) is 0. The first kappa shape index (κ1) is 18.7. The summed E-state index contributed by atoms with van der Waals surface area (Å²) < 4.78 is 6.70. The van der Waals surface area contributed by atoms with E-state index in [0.29, 0.717) is 25.4 Å². The van der Waals surface area contributed by atoms with Gasteiger partial charge in [0.05, 0.1) is 34.1 Å². The van der Waals surface area contributed by atoms with Gasteiger partial charge >= 0.3 is 0 Å². The molecule has 0 spiro atoms. The zero-order chi connectivity index (χ0) is 20.5. The predicted octanol–water partition coefficient (Wildman–Crippen LogP) is 3.60. The minimum Gasteiger partial charge on any atom is -0.494 e. The molecule has 1 amide bonds. The lowest BCUT2D eigenvalue weighted by atomic mass is 10.2. The zero-order valence-corrected chi connectivity index (χ0v) is 17.4. The number of benzene rings is 2. The Bertz CT molecular complexity index is 1220. The minimum absolute atomic E-state index is 0.0708. The molecular formula is C22H21N5O2S. The summed E-state index contributed by atoms with van der Waals surface area (Å²) in [5.41, 5.74) is 2.90. The molecule has 152 valence electrons. The maximum Gasteiger partial charge on any atom is 0.274 e. The average Bonchev–Trinajstić information content (AvgIpc) is 3.22. The summed E-state index contributed by atoms with van der Waals surface area (Å²) in [5.74, 6) is 0.797. The number of carbonyl (C=O) groups excluding carboxylic acids is 1. The van der Waals surface area contributed by atoms with Gasteiger partial charge in [0.1, 0.15) is 11.4 Å². The molecule has 5 rings (SSSR count). The van der Waals surface area contributed by atoms with Crippen molar-refractivity contribution in [1.82, 2.24) is 19.9 Å². The fourth-order valence-corrected chi connectivity index (χ4v) is 4.65. The first-order valence-electron chi connectivity index (χ1n) is 10.0. The topological polar surface area (TPSA) is 71.5 Å². The van der Waals surface area contributed by atoms with E-state index in [1.807, 2.05) is 54.3 Å². The van der Waals surface area contributed by atoms with Crippen molar-refractivity contribution < 1.29 is 9.53 Å². The van der Waals surface area contributed by atoms with Crippen molar-refractivity contribution in [1.29, 1.82) is 0 Å². The number of fused-ring (bicyclic) bond motifs is 2. The van der Waals surface area contributed by atoms with Crippen molar-refractivity contribution in [3.05, 3.63) is 54.4 Å². The van der Waals surface area contributed by atoms with Crippen LogP contribution in [0.25, 0.3) is 21.3 Å². The second-order valence-electron chi connectivity index (χ2n) is 7.08. The van der Waals surface area contributed by atoms with Crippen LogP contribution in [0.3, 0.4) is 0 Å². The van der Waals surface area contributed by atoms with Gasteiger partial charge in [-0.3, -0.25) is 9.78 Å². The van der Waals surface area contributed by atoms with Crippen LogP contribution < -0.4 is 9.64 Å². The van der Waals surface area contributed by atoms with Gasteiger partial charge in [-0.1, -0.05) is 23.5 Å². The normalized spacial score (nSPS) is 14.4. The van der Waals surface area contributed by atoms with Crippen LogP contribution in [0.2, 0.25) is 0 Å². The first-order chi connectivity index (χ1) is 14.7. The van der Waals surface area contributed by atoms with Gasteiger partial charge in [0, 0.05) is 26.2 Å². The summed E-state index contributed by atoms with van der Waals surface area (Å²) in [6.07, 6.45) is 1.57. The molecule has 0 aliphatic carbocycles. The maximum absolute atomic E-state index is 12.9. The largest absolute Gasteiger partial charge is 0.494 e. The molecule has 4 aromatic rings. The number of ether oxygens (including phenoxy) is 1. The third-order valence-corrected chi connectivity index (χ3v) is 6.24. The Labute approximate surface area is 177 Å². The van der Waals surface area contributed by atoms with Gasteiger partial charge in [-0.05, 0) is 37.3 Å². The lowest BCUT2D eigenvalue weighted by molar-refractivity contribution is 0.0741. The molecule has 3 heterocycles. The minimum atomic E-state index is -0.0708. The fourth-order valence-electron chi connectivity index (χ4n) is 3.61. The van der Waals surface area contributed by atoms with E-state index in [2.05, 4.69) is 14.9 Å². The predicted molar refractivity (Wildman–Crippen MR) is 118 cm³/mol. The van der Waals surface area contributed by atoms with Crippen molar-refractivity contribution in [2.24, 2.45) is 0 Å².